The molecule has 1 rings (SSSR count). The summed E-state index contributed by atoms with van der Waals surface area (Å²) < 4.78 is 5.54. The Labute approximate surface area is 94.2 Å². The summed E-state index contributed by atoms with van der Waals surface area (Å²) in [7, 11) is 0. The van der Waals surface area contributed by atoms with Crippen molar-refractivity contribution in [2.24, 2.45) is 0 Å². The van der Waals surface area contributed by atoms with Crippen molar-refractivity contribution in [2.45, 2.75) is 6.92 Å². The molecule has 82 valence electrons. The van der Waals surface area contributed by atoms with E-state index in [0.717, 1.165) is 0 Å². The second-order valence-electron chi connectivity index (χ2n) is 3.09. The summed E-state index contributed by atoms with van der Waals surface area (Å²) in [6.45, 7) is 12.6. The van der Waals surface area contributed by atoms with E-state index >= 15 is 0 Å². The van der Waals surface area contributed by atoms with Crippen LogP contribution in [0.5, 0.6) is 0 Å². The van der Waals surface area contributed by atoms with Gasteiger partial charge < -0.3 is 4.42 Å². The molecule has 0 bridgehead atoms. The van der Waals surface area contributed by atoms with E-state index in [-0.39, 0.29) is 5.43 Å². The first-order valence-corrected chi connectivity index (χ1v) is 4.90. The Hall–Kier alpha value is -2.09. The average Bonchev–Trinajstić information content (AvgIpc) is 2.31. The van der Waals surface area contributed by atoms with Crippen molar-refractivity contribution in [3.63, 3.8) is 0 Å². The van der Waals surface area contributed by atoms with Gasteiger partial charge in [0.15, 0.2) is 5.43 Å². The fraction of sp³-hybridized carbons (Fsp3) is 0.0714. The zero-order valence-electron chi connectivity index (χ0n) is 9.32. The lowest BCUT2D eigenvalue weighted by Crippen LogP contribution is -2.40. The highest BCUT2D eigenvalue weighted by molar-refractivity contribution is 5.59. The van der Waals surface area contributed by atoms with Crippen LogP contribution >= 0.6 is 0 Å². The highest BCUT2D eigenvalue weighted by Crippen LogP contribution is 2.02. The van der Waals surface area contributed by atoms with Crippen LogP contribution in [0, 0.1) is 0 Å². The molecular weight excluding hydrogens is 200 g/mol. The largest absolute Gasteiger partial charge is 0.456 e. The maximum absolute atomic E-state index is 12.1. The van der Waals surface area contributed by atoms with Gasteiger partial charge in [-0.25, -0.2) is 0 Å². The molecule has 0 aliphatic carbocycles. The van der Waals surface area contributed by atoms with E-state index in [9.17, 15) is 4.79 Å². The molecule has 0 radical (unpaired) electrons. The van der Waals surface area contributed by atoms with E-state index in [2.05, 4.69) is 19.7 Å². The molecule has 0 unspecified atom stereocenters. The van der Waals surface area contributed by atoms with Crippen LogP contribution in [-0.2, 0) is 0 Å². The first-order chi connectivity index (χ1) is 7.69. The van der Waals surface area contributed by atoms with Gasteiger partial charge in [0.05, 0.1) is 10.8 Å². The monoisotopic (exact) mass is 214 g/mol. The molecular formula is C14H14O2. The van der Waals surface area contributed by atoms with Gasteiger partial charge in [-0.2, -0.15) is 0 Å². The Morgan fingerprint density at radius 1 is 1.19 bits per heavy atom. The van der Waals surface area contributed by atoms with Crippen molar-refractivity contribution in [1.82, 2.24) is 0 Å². The molecule has 0 aliphatic rings. The lowest BCUT2D eigenvalue weighted by molar-refractivity contribution is 0.496. The molecule has 0 aromatic carbocycles. The second-order valence-corrected chi connectivity index (χ2v) is 3.09. The fourth-order valence-corrected chi connectivity index (χ4v) is 1.43. The first-order valence-electron chi connectivity index (χ1n) is 4.90. The minimum Gasteiger partial charge on any atom is -0.456 e. The summed E-state index contributed by atoms with van der Waals surface area (Å²) in [5, 5.41) is 0.484. The van der Waals surface area contributed by atoms with Crippen molar-refractivity contribution in [3.05, 3.63) is 58.0 Å². The van der Waals surface area contributed by atoms with E-state index in [4.69, 9.17) is 4.42 Å². The Bertz CT molecular complexity index is 601. The Kier molecular flexibility index (Phi) is 3.84. The van der Waals surface area contributed by atoms with Gasteiger partial charge in [0.25, 0.3) is 0 Å². The molecule has 0 N–H and O–H groups in total. The number of hydrogen-bond acceptors (Lipinski definition) is 2. The lowest BCUT2D eigenvalue weighted by atomic mass is 10.1. The summed E-state index contributed by atoms with van der Waals surface area (Å²) in [6, 6.07) is 0. The molecule has 0 atom stereocenters. The number of allylic oxidation sites excluding steroid dienone is 1. The highest BCUT2D eigenvalue weighted by Gasteiger charge is 2.05. The van der Waals surface area contributed by atoms with Gasteiger partial charge >= 0.3 is 0 Å². The van der Waals surface area contributed by atoms with Gasteiger partial charge in [-0.05, 0) is 25.2 Å². The second kappa shape index (κ2) is 5.12. The van der Waals surface area contributed by atoms with E-state index in [1.807, 2.05) is 0 Å². The molecule has 1 aromatic rings. The van der Waals surface area contributed by atoms with Crippen LogP contribution in [0.3, 0.4) is 0 Å². The summed E-state index contributed by atoms with van der Waals surface area (Å²) in [5.74, 6) is 0.439. The zero-order chi connectivity index (χ0) is 12.1. The van der Waals surface area contributed by atoms with Crippen molar-refractivity contribution in [1.29, 1.82) is 0 Å². The quantitative estimate of drug-likeness (QED) is 0.766. The Balaban J connectivity index is 4.00. The number of rotatable bonds is 3. The van der Waals surface area contributed by atoms with E-state index in [1.54, 1.807) is 25.2 Å². The fourth-order valence-electron chi connectivity index (χ4n) is 1.43. The third-order valence-corrected chi connectivity index (χ3v) is 2.18. The van der Waals surface area contributed by atoms with Gasteiger partial charge in [-0.3, -0.25) is 4.79 Å². The van der Waals surface area contributed by atoms with Crippen molar-refractivity contribution >= 4 is 24.3 Å². The maximum Gasteiger partial charge on any atom is 0.200 e. The van der Waals surface area contributed by atoms with Crippen LogP contribution in [0.25, 0.3) is 24.3 Å². The van der Waals surface area contributed by atoms with Gasteiger partial charge in [0, 0.05) is 0 Å². The first kappa shape index (κ1) is 12.0. The predicted molar refractivity (Wildman–Crippen MR) is 69.2 cm³/mol. The van der Waals surface area contributed by atoms with Gasteiger partial charge in [-0.1, -0.05) is 31.9 Å². The third kappa shape index (κ3) is 1.96. The minimum atomic E-state index is -0.121. The standard InChI is InChI=1S/C14H14O2/c1-5-9-11-13(8-4)16-12(7-3)10(6-2)14(11)15/h5-9H,1-3H2,4H3/b11-9+,13-8+. The molecule has 0 fully saturated rings. The van der Waals surface area contributed by atoms with Crippen molar-refractivity contribution < 1.29 is 4.42 Å². The molecule has 0 saturated heterocycles. The summed E-state index contributed by atoms with van der Waals surface area (Å²) >= 11 is 0. The summed E-state index contributed by atoms with van der Waals surface area (Å²) in [5.41, 5.74) is 0.822. The van der Waals surface area contributed by atoms with Gasteiger partial charge in [-0.15, -0.1) is 0 Å². The molecule has 2 heteroatoms. The van der Waals surface area contributed by atoms with Crippen LogP contribution in [0.2, 0.25) is 0 Å². The van der Waals surface area contributed by atoms with Crippen molar-refractivity contribution in [3.8, 4) is 0 Å². The van der Waals surface area contributed by atoms with Crippen LogP contribution in [-0.4, -0.2) is 0 Å². The number of hydrogen-bond donors (Lipinski definition) is 0. The average molecular weight is 214 g/mol. The van der Waals surface area contributed by atoms with Crippen LogP contribution in [0.15, 0.2) is 35.0 Å². The SMILES string of the molecule is C=C/C=c1/c(=O)c(C=C)c(C=C)o/c1=C/C. The summed E-state index contributed by atoms with van der Waals surface area (Å²) in [6.07, 6.45) is 7.89. The molecule has 0 saturated carbocycles. The lowest BCUT2D eigenvalue weighted by Gasteiger charge is -1.99. The van der Waals surface area contributed by atoms with Crippen LogP contribution < -0.4 is 16.1 Å². The van der Waals surface area contributed by atoms with Crippen LogP contribution in [0.4, 0.5) is 0 Å². The normalized spacial score (nSPS) is 12.6. The molecule has 1 heterocycles. The smallest absolute Gasteiger partial charge is 0.200 e. The molecule has 0 aliphatic heterocycles. The third-order valence-electron chi connectivity index (χ3n) is 2.18. The minimum absolute atomic E-state index is 0.121. The highest BCUT2D eigenvalue weighted by atomic mass is 16.3. The maximum atomic E-state index is 12.1. The van der Waals surface area contributed by atoms with E-state index in [0.29, 0.717) is 22.0 Å². The molecule has 2 nitrogen and oxygen atoms in total. The molecule has 0 spiro atoms. The topological polar surface area (TPSA) is 30.2 Å². The molecule has 16 heavy (non-hydrogen) atoms. The Morgan fingerprint density at radius 3 is 2.31 bits per heavy atom. The molecule has 1 aromatic heterocycles. The van der Waals surface area contributed by atoms with Gasteiger partial charge in [0.1, 0.15) is 11.2 Å². The van der Waals surface area contributed by atoms with Crippen molar-refractivity contribution in [2.75, 3.05) is 0 Å². The summed E-state index contributed by atoms with van der Waals surface area (Å²) in [4.78, 5) is 12.1. The van der Waals surface area contributed by atoms with Crippen LogP contribution in [0.1, 0.15) is 18.2 Å². The van der Waals surface area contributed by atoms with E-state index < -0.39 is 0 Å². The zero-order valence-corrected chi connectivity index (χ0v) is 9.32. The van der Waals surface area contributed by atoms with E-state index in [1.165, 1.54) is 12.2 Å². The Morgan fingerprint density at radius 2 is 1.88 bits per heavy atom. The predicted octanol–water partition coefficient (Wildman–Crippen LogP) is 1.69. The van der Waals surface area contributed by atoms with Gasteiger partial charge in [0.2, 0.25) is 0 Å². The molecule has 0 amide bonds.